The van der Waals surface area contributed by atoms with Crippen LogP contribution in [0, 0.1) is 0 Å². The summed E-state index contributed by atoms with van der Waals surface area (Å²) in [6.07, 6.45) is -1.82. The van der Waals surface area contributed by atoms with Crippen LogP contribution in [0.1, 0.15) is 12.5 Å². The molecule has 0 aliphatic heterocycles. The van der Waals surface area contributed by atoms with E-state index in [0.29, 0.717) is 6.42 Å². The van der Waals surface area contributed by atoms with E-state index in [1.165, 1.54) is 0 Å². The molecule has 1 unspecified atom stereocenters. The molecule has 20 heavy (non-hydrogen) atoms. The number of rotatable bonds is 5. The Hall–Kier alpha value is -1.53. The number of hydrogen-bond donors (Lipinski definition) is 1. The second kappa shape index (κ2) is 5.85. The molecule has 3 nitrogen and oxygen atoms in total. The number of nitrogens with two attached hydrogens (primary N) is 1. The van der Waals surface area contributed by atoms with Crippen molar-refractivity contribution in [3.05, 3.63) is 36.0 Å². The molecule has 0 aliphatic rings. The van der Waals surface area contributed by atoms with Crippen LogP contribution in [0.15, 0.2) is 30.5 Å². The molecular formula is C14H17F3N2O. The third kappa shape index (κ3) is 3.74. The first-order valence-electron chi connectivity index (χ1n) is 6.33. The molecule has 0 saturated heterocycles. The van der Waals surface area contributed by atoms with E-state index in [4.69, 9.17) is 10.5 Å². The Morgan fingerprint density at radius 2 is 2.00 bits per heavy atom. The minimum atomic E-state index is -4.31. The van der Waals surface area contributed by atoms with E-state index < -0.39 is 12.8 Å². The molecular weight excluding hydrogens is 269 g/mol. The Labute approximate surface area is 115 Å². The van der Waals surface area contributed by atoms with Crippen molar-refractivity contribution in [2.24, 2.45) is 5.73 Å². The maximum atomic E-state index is 12.1. The lowest BCUT2D eigenvalue weighted by Gasteiger charge is -2.09. The summed E-state index contributed by atoms with van der Waals surface area (Å²) in [7, 11) is 0. The van der Waals surface area contributed by atoms with Crippen LogP contribution in [0.25, 0.3) is 10.9 Å². The predicted octanol–water partition coefficient (Wildman–Crippen LogP) is 3.07. The van der Waals surface area contributed by atoms with Gasteiger partial charge in [0.25, 0.3) is 0 Å². The summed E-state index contributed by atoms with van der Waals surface area (Å²) in [5.41, 5.74) is 7.66. The summed E-state index contributed by atoms with van der Waals surface area (Å²) in [6, 6.07) is 7.53. The first kappa shape index (κ1) is 14.9. The van der Waals surface area contributed by atoms with E-state index in [-0.39, 0.29) is 12.8 Å². The topological polar surface area (TPSA) is 40.2 Å². The summed E-state index contributed by atoms with van der Waals surface area (Å²) in [5.74, 6) is 0. The van der Waals surface area contributed by atoms with E-state index in [9.17, 15) is 13.2 Å². The standard InChI is InChI=1S/C14H17F3N2O/c1-10(18)6-11-7-19(9-20-8-14(15,16)17)13-5-3-2-4-12(11)13/h2-5,7,10H,6,8-9,18H2,1H3. The molecule has 0 amide bonds. The zero-order valence-corrected chi connectivity index (χ0v) is 11.2. The van der Waals surface area contributed by atoms with Gasteiger partial charge in [-0.1, -0.05) is 18.2 Å². The number of fused-ring (bicyclic) bond motifs is 1. The smallest absolute Gasteiger partial charge is 0.351 e. The Morgan fingerprint density at radius 3 is 2.65 bits per heavy atom. The number of para-hydroxylation sites is 1. The molecule has 2 N–H and O–H groups in total. The molecule has 0 spiro atoms. The maximum absolute atomic E-state index is 12.1. The van der Waals surface area contributed by atoms with E-state index in [1.54, 1.807) is 4.57 Å². The number of halogens is 3. The van der Waals surface area contributed by atoms with E-state index in [1.807, 2.05) is 37.4 Å². The number of nitrogens with zero attached hydrogens (tertiary/aromatic N) is 1. The van der Waals surface area contributed by atoms with E-state index >= 15 is 0 Å². The summed E-state index contributed by atoms with van der Waals surface area (Å²) in [5, 5.41) is 1.00. The summed E-state index contributed by atoms with van der Waals surface area (Å²) in [4.78, 5) is 0. The highest BCUT2D eigenvalue weighted by atomic mass is 19.4. The summed E-state index contributed by atoms with van der Waals surface area (Å²) < 4.78 is 42.7. The number of hydrogen-bond acceptors (Lipinski definition) is 2. The van der Waals surface area contributed by atoms with Crippen molar-refractivity contribution >= 4 is 10.9 Å². The van der Waals surface area contributed by atoms with Crippen LogP contribution in [0.4, 0.5) is 13.2 Å². The van der Waals surface area contributed by atoms with Gasteiger partial charge in [0, 0.05) is 17.6 Å². The molecule has 0 radical (unpaired) electrons. The fourth-order valence-corrected chi connectivity index (χ4v) is 2.20. The lowest BCUT2D eigenvalue weighted by Crippen LogP contribution is -2.18. The van der Waals surface area contributed by atoms with Crippen LogP contribution >= 0.6 is 0 Å². The van der Waals surface area contributed by atoms with Crippen molar-refractivity contribution < 1.29 is 17.9 Å². The van der Waals surface area contributed by atoms with Gasteiger partial charge >= 0.3 is 6.18 Å². The zero-order chi connectivity index (χ0) is 14.8. The number of alkyl halides is 3. The predicted molar refractivity (Wildman–Crippen MR) is 71.3 cm³/mol. The molecule has 0 saturated carbocycles. The maximum Gasteiger partial charge on any atom is 0.411 e. The van der Waals surface area contributed by atoms with Crippen LogP contribution in [0.3, 0.4) is 0 Å². The first-order valence-corrected chi connectivity index (χ1v) is 6.33. The molecule has 2 aromatic rings. The molecule has 1 aromatic carbocycles. The minimum Gasteiger partial charge on any atom is -0.351 e. The van der Waals surface area contributed by atoms with Gasteiger partial charge in [-0.3, -0.25) is 0 Å². The fourth-order valence-electron chi connectivity index (χ4n) is 2.20. The van der Waals surface area contributed by atoms with E-state index in [0.717, 1.165) is 16.5 Å². The highest BCUT2D eigenvalue weighted by Crippen LogP contribution is 2.23. The second-order valence-electron chi connectivity index (χ2n) is 4.92. The number of ether oxygens (including phenoxy) is 1. The SMILES string of the molecule is CC(N)Cc1cn(COCC(F)(F)F)c2ccccc12. The van der Waals surface area contributed by atoms with Crippen molar-refractivity contribution in [2.45, 2.75) is 32.3 Å². The molecule has 0 aliphatic carbocycles. The van der Waals surface area contributed by atoms with Gasteiger partial charge in [-0.2, -0.15) is 13.2 Å². The van der Waals surface area contributed by atoms with Gasteiger partial charge in [0.1, 0.15) is 13.3 Å². The Morgan fingerprint density at radius 1 is 1.30 bits per heavy atom. The quantitative estimate of drug-likeness (QED) is 0.917. The normalized spacial score (nSPS) is 13.8. The van der Waals surface area contributed by atoms with Gasteiger partial charge in [-0.15, -0.1) is 0 Å². The third-order valence-corrected chi connectivity index (χ3v) is 2.91. The lowest BCUT2D eigenvalue weighted by atomic mass is 10.1. The molecule has 6 heteroatoms. The average molecular weight is 286 g/mol. The van der Waals surface area contributed by atoms with Crippen LogP contribution in [0.2, 0.25) is 0 Å². The summed E-state index contributed by atoms with van der Waals surface area (Å²) in [6.45, 7) is 0.521. The molecule has 1 atom stereocenters. The molecule has 2 rings (SSSR count). The largest absolute Gasteiger partial charge is 0.411 e. The molecule has 1 aromatic heterocycles. The van der Waals surface area contributed by atoms with Crippen molar-refractivity contribution in [2.75, 3.05) is 6.61 Å². The Bertz CT molecular complexity index is 575. The minimum absolute atomic E-state index is 0.00894. The highest BCUT2D eigenvalue weighted by molar-refractivity contribution is 5.84. The van der Waals surface area contributed by atoms with Crippen molar-refractivity contribution in [1.29, 1.82) is 0 Å². The van der Waals surface area contributed by atoms with Gasteiger partial charge in [-0.25, -0.2) is 0 Å². The average Bonchev–Trinajstić information content (AvgIpc) is 2.66. The molecule has 0 fully saturated rings. The van der Waals surface area contributed by atoms with Crippen molar-refractivity contribution in [3.8, 4) is 0 Å². The van der Waals surface area contributed by atoms with Gasteiger partial charge in [0.15, 0.2) is 0 Å². The van der Waals surface area contributed by atoms with Crippen LogP contribution in [0.5, 0.6) is 0 Å². The summed E-state index contributed by atoms with van der Waals surface area (Å²) >= 11 is 0. The van der Waals surface area contributed by atoms with Gasteiger partial charge in [-0.05, 0) is 25.0 Å². The highest BCUT2D eigenvalue weighted by Gasteiger charge is 2.27. The molecule has 0 bridgehead atoms. The van der Waals surface area contributed by atoms with Crippen LogP contribution in [-0.2, 0) is 17.9 Å². The van der Waals surface area contributed by atoms with Crippen molar-refractivity contribution in [3.63, 3.8) is 0 Å². The number of benzene rings is 1. The zero-order valence-electron chi connectivity index (χ0n) is 11.2. The van der Waals surface area contributed by atoms with Gasteiger partial charge < -0.3 is 15.0 Å². The van der Waals surface area contributed by atoms with Crippen molar-refractivity contribution in [1.82, 2.24) is 4.57 Å². The molecule has 1 heterocycles. The van der Waals surface area contributed by atoms with Gasteiger partial charge in [0.2, 0.25) is 0 Å². The van der Waals surface area contributed by atoms with E-state index in [2.05, 4.69) is 0 Å². The Kier molecular flexibility index (Phi) is 4.35. The number of aromatic nitrogens is 1. The third-order valence-electron chi connectivity index (χ3n) is 2.91. The fraction of sp³-hybridized carbons (Fsp3) is 0.429. The first-order chi connectivity index (χ1) is 9.37. The monoisotopic (exact) mass is 286 g/mol. The van der Waals surface area contributed by atoms with Crippen LogP contribution < -0.4 is 5.73 Å². The Balaban J connectivity index is 2.20. The lowest BCUT2D eigenvalue weighted by molar-refractivity contribution is -0.181. The molecule has 110 valence electrons. The second-order valence-corrected chi connectivity index (χ2v) is 4.92. The van der Waals surface area contributed by atoms with Crippen LogP contribution in [-0.4, -0.2) is 23.4 Å². The van der Waals surface area contributed by atoms with Gasteiger partial charge in [0.05, 0.1) is 5.52 Å².